The number of amides is 1. The molecule has 1 amide bonds. The van der Waals surface area contributed by atoms with E-state index in [-0.39, 0.29) is 24.1 Å². The molecule has 0 fully saturated rings. The van der Waals surface area contributed by atoms with Crippen LogP contribution in [0.4, 0.5) is 15.8 Å². The number of benzene rings is 3. The van der Waals surface area contributed by atoms with Crippen LogP contribution in [0.1, 0.15) is 29.5 Å². The molecule has 0 aliphatic carbocycles. The predicted octanol–water partition coefficient (Wildman–Crippen LogP) is 3.87. The number of nitro benzene ring substituents is 1. The molecular weight excluding hydrogens is 477 g/mol. The molecule has 1 atom stereocenters. The number of ether oxygens (including phenoxy) is 1. The van der Waals surface area contributed by atoms with E-state index in [0.717, 1.165) is 24.0 Å². The minimum Gasteiger partial charge on any atom is -0.478 e. The van der Waals surface area contributed by atoms with Gasteiger partial charge in [0.1, 0.15) is 11.6 Å². The summed E-state index contributed by atoms with van der Waals surface area (Å²) in [7, 11) is 0. The van der Waals surface area contributed by atoms with Crippen molar-refractivity contribution in [2.24, 2.45) is 16.5 Å². The molecule has 1 unspecified atom stereocenters. The molecule has 0 saturated carbocycles. The van der Waals surface area contributed by atoms with Gasteiger partial charge in [0.25, 0.3) is 11.6 Å². The van der Waals surface area contributed by atoms with Crippen molar-refractivity contribution in [3.05, 3.63) is 99.4 Å². The standard InChI is InChI=1S/C27H28FN5O4/c28-21-11-12-24-23(16-21)32(17-20-4-1-5-22(15-20)33(35)36)26(34)25(37-24)6-2-3-18-7-9-19(10-8-18)13-14-31-27(29)30/h1,4-5,7-12,15-16,25H,2-3,6,13-14,17H2,(H4,29,30,31). The number of hydrogen-bond donors (Lipinski definition) is 2. The second kappa shape index (κ2) is 11.5. The molecule has 3 aromatic rings. The Hall–Kier alpha value is -4.47. The predicted molar refractivity (Wildman–Crippen MR) is 139 cm³/mol. The number of hydrogen-bond acceptors (Lipinski definition) is 5. The molecular formula is C27H28FN5O4. The first-order chi connectivity index (χ1) is 17.8. The van der Waals surface area contributed by atoms with Crippen molar-refractivity contribution in [1.82, 2.24) is 0 Å². The van der Waals surface area contributed by atoms with Gasteiger partial charge in [0.2, 0.25) is 0 Å². The average molecular weight is 506 g/mol. The number of guanidine groups is 1. The Labute approximate surface area is 213 Å². The highest BCUT2D eigenvalue weighted by Gasteiger charge is 2.34. The van der Waals surface area contributed by atoms with Crippen LogP contribution < -0.4 is 21.1 Å². The normalized spacial score (nSPS) is 14.6. The smallest absolute Gasteiger partial charge is 0.269 e. The first-order valence-corrected chi connectivity index (χ1v) is 11.9. The molecule has 4 rings (SSSR count). The second-order valence-corrected chi connectivity index (χ2v) is 8.84. The molecule has 37 heavy (non-hydrogen) atoms. The van der Waals surface area contributed by atoms with Gasteiger partial charge in [-0.3, -0.25) is 19.9 Å². The lowest BCUT2D eigenvalue weighted by molar-refractivity contribution is -0.384. The molecule has 3 aromatic carbocycles. The molecule has 10 heteroatoms. The van der Waals surface area contributed by atoms with E-state index in [1.165, 1.54) is 35.2 Å². The van der Waals surface area contributed by atoms with E-state index < -0.39 is 16.8 Å². The van der Waals surface area contributed by atoms with E-state index in [2.05, 4.69) is 4.99 Å². The first kappa shape index (κ1) is 25.6. The summed E-state index contributed by atoms with van der Waals surface area (Å²) < 4.78 is 20.0. The summed E-state index contributed by atoms with van der Waals surface area (Å²) in [6.45, 7) is 0.596. The highest BCUT2D eigenvalue weighted by atomic mass is 19.1. The summed E-state index contributed by atoms with van der Waals surface area (Å²) >= 11 is 0. The van der Waals surface area contributed by atoms with Crippen LogP contribution in [0.2, 0.25) is 0 Å². The number of carbonyl (C=O) groups excluding carboxylic acids is 1. The zero-order valence-corrected chi connectivity index (χ0v) is 20.2. The number of aryl methyl sites for hydroxylation is 1. The monoisotopic (exact) mass is 505 g/mol. The Balaban J connectivity index is 1.42. The van der Waals surface area contributed by atoms with Crippen LogP contribution in [0, 0.1) is 15.9 Å². The van der Waals surface area contributed by atoms with E-state index >= 15 is 0 Å². The number of anilines is 1. The maximum absolute atomic E-state index is 14.0. The fourth-order valence-electron chi connectivity index (χ4n) is 4.27. The van der Waals surface area contributed by atoms with Crippen LogP contribution in [0.5, 0.6) is 5.75 Å². The van der Waals surface area contributed by atoms with Gasteiger partial charge in [0, 0.05) is 24.7 Å². The number of non-ortho nitro benzene ring substituents is 1. The van der Waals surface area contributed by atoms with Crippen LogP contribution in [-0.4, -0.2) is 29.4 Å². The fourth-order valence-corrected chi connectivity index (χ4v) is 4.27. The fraction of sp³-hybridized carbons (Fsp3) is 0.259. The molecule has 0 radical (unpaired) electrons. The molecule has 0 bridgehead atoms. The van der Waals surface area contributed by atoms with Gasteiger partial charge in [-0.05, 0) is 54.5 Å². The number of nitrogens with zero attached hydrogens (tertiary/aromatic N) is 3. The summed E-state index contributed by atoms with van der Waals surface area (Å²) in [5, 5.41) is 11.2. The zero-order chi connectivity index (χ0) is 26.4. The summed E-state index contributed by atoms with van der Waals surface area (Å²) in [5.74, 6) is -0.326. The number of nitro groups is 1. The zero-order valence-electron chi connectivity index (χ0n) is 20.2. The van der Waals surface area contributed by atoms with Crippen molar-refractivity contribution in [1.29, 1.82) is 0 Å². The largest absolute Gasteiger partial charge is 0.478 e. The van der Waals surface area contributed by atoms with Gasteiger partial charge in [-0.15, -0.1) is 0 Å². The minimum absolute atomic E-state index is 0.0676. The maximum atomic E-state index is 14.0. The third-order valence-corrected chi connectivity index (χ3v) is 6.13. The lowest BCUT2D eigenvalue weighted by Crippen LogP contribution is -2.45. The van der Waals surface area contributed by atoms with E-state index in [9.17, 15) is 19.3 Å². The average Bonchev–Trinajstić information content (AvgIpc) is 2.87. The lowest BCUT2D eigenvalue weighted by atomic mass is 10.0. The molecule has 4 N–H and O–H groups in total. The molecule has 9 nitrogen and oxygen atoms in total. The number of halogens is 1. The summed E-state index contributed by atoms with van der Waals surface area (Å²) in [6.07, 6.45) is 1.92. The van der Waals surface area contributed by atoms with Crippen LogP contribution in [0.25, 0.3) is 0 Å². The van der Waals surface area contributed by atoms with Crippen molar-refractivity contribution < 1.29 is 18.8 Å². The Morgan fingerprint density at radius 2 is 1.76 bits per heavy atom. The number of nitrogens with two attached hydrogens (primary N) is 2. The van der Waals surface area contributed by atoms with Crippen molar-refractivity contribution in [2.45, 2.75) is 38.3 Å². The van der Waals surface area contributed by atoms with Crippen molar-refractivity contribution in [2.75, 3.05) is 11.4 Å². The van der Waals surface area contributed by atoms with Gasteiger partial charge < -0.3 is 21.1 Å². The lowest BCUT2D eigenvalue weighted by Gasteiger charge is -2.34. The van der Waals surface area contributed by atoms with E-state index in [0.29, 0.717) is 36.4 Å². The van der Waals surface area contributed by atoms with Crippen LogP contribution in [0.15, 0.2) is 71.7 Å². The number of carbonyl (C=O) groups is 1. The van der Waals surface area contributed by atoms with E-state index in [4.69, 9.17) is 16.2 Å². The molecule has 192 valence electrons. The molecule has 1 aliphatic heterocycles. The van der Waals surface area contributed by atoms with Crippen molar-refractivity contribution in [3.8, 4) is 5.75 Å². The van der Waals surface area contributed by atoms with Crippen LogP contribution in [0.3, 0.4) is 0 Å². The van der Waals surface area contributed by atoms with E-state index in [1.807, 2.05) is 24.3 Å². The Bertz CT molecular complexity index is 1310. The number of aliphatic imine (C=N–C) groups is 1. The van der Waals surface area contributed by atoms with Crippen molar-refractivity contribution in [3.63, 3.8) is 0 Å². The summed E-state index contributed by atoms with van der Waals surface area (Å²) in [4.78, 5) is 29.5. The SMILES string of the molecule is NC(N)=NCCc1ccc(CCCC2Oc3ccc(F)cc3N(Cc3cccc([N+](=O)[O-])c3)C2=O)cc1. The topological polar surface area (TPSA) is 137 Å². The minimum atomic E-state index is -0.740. The van der Waals surface area contributed by atoms with E-state index in [1.54, 1.807) is 12.1 Å². The van der Waals surface area contributed by atoms with Gasteiger partial charge in [0.15, 0.2) is 12.1 Å². The molecule has 1 aliphatic rings. The van der Waals surface area contributed by atoms with Crippen LogP contribution >= 0.6 is 0 Å². The van der Waals surface area contributed by atoms with Gasteiger partial charge in [-0.25, -0.2) is 4.39 Å². The highest BCUT2D eigenvalue weighted by Crippen LogP contribution is 2.37. The number of rotatable bonds is 10. The quantitative estimate of drug-likeness (QED) is 0.186. The Morgan fingerprint density at radius 3 is 2.46 bits per heavy atom. The highest BCUT2D eigenvalue weighted by molar-refractivity contribution is 6.00. The molecule has 0 spiro atoms. The number of fused-ring (bicyclic) bond motifs is 1. The Morgan fingerprint density at radius 1 is 1.03 bits per heavy atom. The summed E-state index contributed by atoms with van der Waals surface area (Å²) in [6, 6.07) is 18.3. The summed E-state index contributed by atoms with van der Waals surface area (Å²) in [5.41, 5.74) is 13.8. The maximum Gasteiger partial charge on any atom is 0.269 e. The van der Waals surface area contributed by atoms with Crippen molar-refractivity contribution >= 4 is 23.2 Å². The molecule has 1 heterocycles. The van der Waals surface area contributed by atoms with Gasteiger partial charge in [0.05, 0.1) is 17.2 Å². The van der Waals surface area contributed by atoms with Crippen LogP contribution in [-0.2, 0) is 24.2 Å². The van der Waals surface area contributed by atoms with Gasteiger partial charge >= 0.3 is 0 Å². The van der Waals surface area contributed by atoms with Gasteiger partial charge in [-0.2, -0.15) is 0 Å². The third-order valence-electron chi connectivity index (χ3n) is 6.13. The molecule has 0 aromatic heterocycles. The third kappa shape index (κ3) is 6.60. The molecule has 0 saturated heterocycles. The van der Waals surface area contributed by atoms with Gasteiger partial charge in [-0.1, -0.05) is 36.4 Å². The Kier molecular flexibility index (Phi) is 7.97. The second-order valence-electron chi connectivity index (χ2n) is 8.84. The first-order valence-electron chi connectivity index (χ1n) is 11.9.